The fourth-order valence-corrected chi connectivity index (χ4v) is 6.10. The average Bonchev–Trinajstić information content (AvgIpc) is 2.86. The molecule has 2 N–H and O–H groups in total. The Balaban J connectivity index is 1.51. The van der Waals surface area contributed by atoms with Gasteiger partial charge in [0.25, 0.3) is 10.0 Å². The topological polar surface area (TPSA) is 96.5 Å². The van der Waals surface area contributed by atoms with E-state index in [1.54, 1.807) is 12.1 Å². The second-order valence-electron chi connectivity index (χ2n) is 9.21. The van der Waals surface area contributed by atoms with Gasteiger partial charge in [0.15, 0.2) is 0 Å². The first kappa shape index (κ1) is 27.9. The summed E-state index contributed by atoms with van der Waals surface area (Å²) in [5.41, 5.74) is 1.18. The summed E-state index contributed by atoms with van der Waals surface area (Å²) in [5.74, 6) is -0.751. The van der Waals surface area contributed by atoms with E-state index in [1.165, 1.54) is 18.3 Å². The molecule has 4 rings (SSSR count). The van der Waals surface area contributed by atoms with Crippen LogP contribution in [0.3, 0.4) is 0 Å². The van der Waals surface area contributed by atoms with Crippen molar-refractivity contribution in [1.82, 2.24) is 14.9 Å². The minimum atomic E-state index is -4.28. The summed E-state index contributed by atoms with van der Waals surface area (Å²) < 4.78 is 72.5. The Morgan fingerprint density at radius 3 is 2.63 bits per heavy atom. The van der Waals surface area contributed by atoms with E-state index in [1.807, 2.05) is 25.1 Å². The largest absolute Gasteiger partial charge is 0.435 e. The number of ether oxygens (including phenoxy) is 1. The molecular weight excluding hydrogens is 543 g/mol. The Hall–Kier alpha value is -3.09. The third kappa shape index (κ3) is 6.66. The van der Waals surface area contributed by atoms with Crippen molar-refractivity contribution in [3.05, 3.63) is 71.4 Å². The van der Waals surface area contributed by atoms with Gasteiger partial charge in [-0.05, 0) is 75.2 Å². The number of nitrogens with one attached hydrogen (secondary N) is 2. The number of benzene rings is 2. The molecule has 0 spiro atoms. The minimum Gasteiger partial charge on any atom is -0.435 e. The summed E-state index contributed by atoms with van der Waals surface area (Å²) in [7, 11) is -0.432. The second kappa shape index (κ2) is 11.7. The molecule has 1 aromatic heterocycles. The molecule has 0 unspecified atom stereocenters. The summed E-state index contributed by atoms with van der Waals surface area (Å²) in [6.45, 7) is -2.89. The monoisotopic (exact) mass is 569 g/mol. The van der Waals surface area contributed by atoms with Gasteiger partial charge >= 0.3 is 6.61 Å². The number of alkyl halides is 2. The molecule has 0 saturated heterocycles. The van der Waals surface area contributed by atoms with Crippen molar-refractivity contribution in [3.8, 4) is 5.75 Å². The molecule has 204 valence electrons. The molecule has 1 saturated carbocycles. The molecule has 2 aromatic carbocycles. The lowest BCUT2D eigenvalue weighted by atomic mass is 9.78. The van der Waals surface area contributed by atoms with Crippen LogP contribution in [-0.4, -0.2) is 56.1 Å². The van der Waals surface area contributed by atoms with Crippen LogP contribution in [0.4, 0.5) is 24.7 Å². The van der Waals surface area contributed by atoms with Crippen LogP contribution in [-0.2, 0) is 10.0 Å². The highest BCUT2D eigenvalue weighted by Crippen LogP contribution is 2.38. The molecule has 1 aliphatic rings. The van der Waals surface area contributed by atoms with Crippen LogP contribution in [0.5, 0.6) is 5.75 Å². The highest BCUT2D eigenvalue weighted by atomic mass is 35.5. The fourth-order valence-electron chi connectivity index (χ4n) is 4.72. The van der Waals surface area contributed by atoms with Crippen molar-refractivity contribution < 1.29 is 26.3 Å². The minimum absolute atomic E-state index is 0.00427. The molecule has 38 heavy (non-hydrogen) atoms. The molecule has 3 atom stereocenters. The van der Waals surface area contributed by atoms with Gasteiger partial charge < -0.3 is 15.0 Å². The van der Waals surface area contributed by atoms with Crippen LogP contribution < -0.4 is 14.8 Å². The van der Waals surface area contributed by atoms with E-state index in [0.717, 1.165) is 30.4 Å². The molecule has 1 aliphatic carbocycles. The highest BCUT2D eigenvalue weighted by molar-refractivity contribution is 7.92. The van der Waals surface area contributed by atoms with Crippen molar-refractivity contribution in [3.63, 3.8) is 0 Å². The zero-order chi connectivity index (χ0) is 27.4. The standard InChI is InChI=1S/C25H27ClF3N5O3S/c1-34(2)22-11-16(15-4-3-5-17(10-15)37-25(28)29)6-7-20(22)32-21-13-19(27)23(12-18(21)26)38(35,36)33-24-8-9-30-14-31-24/h3-5,8-10,12-14,16,20,22,25,32H,6-7,11H2,1-2H3,(H,30,31,33)/t16-,20-,22-/m0/s1. The molecule has 1 fully saturated rings. The van der Waals surface area contributed by atoms with Crippen molar-refractivity contribution in [2.24, 2.45) is 0 Å². The number of anilines is 2. The summed E-state index contributed by atoms with van der Waals surface area (Å²) in [5, 5.41) is 3.33. The van der Waals surface area contributed by atoms with Gasteiger partial charge in [-0.3, -0.25) is 4.72 Å². The molecule has 3 aromatic rings. The molecule has 0 amide bonds. The summed E-state index contributed by atoms with van der Waals surface area (Å²) in [6.07, 6.45) is 4.65. The van der Waals surface area contributed by atoms with E-state index in [4.69, 9.17) is 11.6 Å². The Kier molecular flexibility index (Phi) is 8.64. The van der Waals surface area contributed by atoms with Gasteiger partial charge in [0.2, 0.25) is 0 Å². The number of rotatable bonds is 9. The molecular formula is C25H27ClF3N5O3S. The maximum Gasteiger partial charge on any atom is 0.387 e. The number of sulfonamides is 1. The number of hydrogen-bond acceptors (Lipinski definition) is 7. The third-order valence-electron chi connectivity index (χ3n) is 6.51. The Morgan fingerprint density at radius 1 is 1.16 bits per heavy atom. The van der Waals surface area contributed by atoms with Crippen LogP contribution in [0, 0.1) is 5.82 Å². The first-order valence-electron chi connectivity index (χ1n) is 11.8. The molecule has 0 bridgehead atoms. The lowest BCUT2D eigenvalue weighted by molar-refractivity contribution is -0.0499. The number of halogens is 4. The maximum atomic E-state index is 15.0. The van der Waals surface area contributed by atoms with Gasteiger partial charge in [-0.25, -0.2) is 22.8 Å². The number of nitrogens with zero attached hydrogens (tertiary/aromatic N) is 3. The molecule has 8 nitrogen and oxygen atoms in total. The SMILES string of the molecule is CN(C)[C@H]1C[C@@H](c2cccc(OC(F)F)c2)CC[C@@H]1Nc1cc(F)c(S(=O)(=O)Nc2ccncn2)cc1Cl. The van der Waals surface area contributed by atoms with Gasteiger partial charge in [-0.1, -0.05) is 23.7 Å². The Labute approximate surface area is 224 Å². The van der Waals surface area contributed by atoms with E-state index in [0.29, 0.717) is 12.8 Å². The molecule has 1 heterocycles. The van der Waals surface area contributed by atoms with E-state index in [-0.39, 0.29) is 40.3 Å². The van der Waals surface area contributed by atoms with Gasteiger partial charge in [-0.15, -0.1) is 0 Å². The predicted octanol–water partition coefficient (Wildman–Crippen LogP) is 5.35. The zero-order valence-electron chi connectivity index (χ0n) is 20.6. The lowest BCUT2D eigenvalue weighted by Gasteiger charge is -2.41. The van der Waals surface area contributed by atoms with E-state index in [9.17, 15) is 17.2 Å². The van der Waals surface area contributed by atoms with Gasteiger partial charge in [0.05, 0.1) is 10.7 Å². The van der Waals surface area contributed by atoms with Crippen molar-refractivity contribution in [2.45, 2.75) is 48.8 Å². The summed E-state index contributed by atoms with van der Waals surface area (Å²) in [6, 6.07) is 10.1. The molecule has 0 aliphatic heterocycles. The van der Waals surface area contributed by atoms with Gasteiger partial charge in [-0.2, -0.15) is 8.78 Å². The number of hydrogen-bond donors (Lipinski definition) is 2. The quantitative estimate of drug-likeness (QED) is 0.358. The highest BCUT2D eigenvalue weighted by Gasteiger charge is 2.33. The van der Waals surface area contributed by atoms with Crippen LogP contribution >= 0.6 is 11.6 Å². The number of likely N-dealkylation sites (N-methyl/N-ethyl adjacent to an activating group) is 1. The Morgan fingerprint density at radius 2 is 1.95 bits per heavy atom. The van der Waals surface area contributed by atoms with E-state index >= 15 is 4.39 Å². The summed E-state index contributed by atoms with van der Waals surface area (Å²) in [4.78, 5) is 8.94. The fraction of sp³-hybridized carbons (Fsp3) is 0.360. The van der Waals surface area contributed by atoms with Gasteiger partial charge in [0, 0.05) is 18.3 Å². The Bertz CT molecular complexity index is 1370. The predicted molar refractivity (Wildman–Crippen MR) is 139 cm³/mol. The molecule has 13 heteroatoms. The van der Waals surface area contributed by atoms with Crippen molar-refractivity contribution >= 4 is 33.1 Å². The van der Waals surface area contributed by atoms with Crippen molar-refractivity contribution in [1.29, 1.82) is 0 Å². The van der Waals surface area contributed by atoms with E-state index < -0.39 is 27.3 Å². The summed E-state index contributed by atoms with van der Waals surface area (Å²) >= 11 is 6.40. The first-order valence-corrected chi connectivity index (χ1v) is 13.6. The zero-order valence-corrected chi connectivity index (χ0v) is 22.2. The first-order chi connectivity index (χ1) is 18.0. The van der Waals surface area contributed by atoms with Crippen LogP contribution in [0.15, 0.2) is 59.9 Å². The van der Waals surface area contributed by atoms with Crippen LogP contribution in [0.1, 0.15) is 30.7 Å². The number of aromatic nitrogens is 2. The smallest absolute Gasteiger partial charge is 0.387 e. The van der Waals surface area contributed by atoms with Gasteiger partial charge in [0.1, 0.15) is 28.6 Å². The molecule has 0 radical (unpaired) electrons. The van der Waals surface area contributed by atoms with Crippen LogP contribution in [0.25, 0.3) is 0 Å². The van der Waals surface area contributed by atoms with E-state index in [2.05, 4.69) is 24.7 Å². The maximum absolute atomic E-state index is 15.0. The average molecular weight is 570 g/mol. The second-order valence-corrected chi connectivity index (χ2v) is 11.3. The normalized spacial score (nSPS) is 19.9. The third-order valence-corrected chi connectivity index (χ3v) is 8.19. The lowest BCUT2D eigenvalue weighted by Crippen LogP contribution is -2.47. The van der Waals surface area contributed by atoms with Crippen LogP contribution in [0.2, 0.25) is 5.02 Å². The van der Waals surface area contributed by atoms with Crippen molar-refractivity contribution in [2.75, 3.05) is 24.1 Å².